The van der Waals surface area contributed by atoms with Gasteiger partial charge in [0.05, 0.1) is 0 Å². The van der Waals surface area contributed by atoms with Gasteiger partial charge in [-0.25, -0.2) is 0 Å². The van der Waals surface area contributed by atoms with Crippen LogP contribution < -0.4 is 29.6 Å². The Balaban J connectivity index is -0.0000000450. The van der Waals surface area contributed by atoms with Gasteiger partial charge in [-0.1, -0.05) is 0 Å². The van der Waals surface area contributed by atoms with Crippen molar-refractivity contribution in [2.24, 2.45) is 0 Å². The Morgan fingerprint density at radius 1 is 2.00 bits per heavy atom. The summed E-state index contributed by atoms with van der Waals surface area (Å²) in [7, 11) is 0. The van der Waals surface area contributed by atoms with E-state index in [0.717, 1.165) is 6.92 Å². The first kappa shape index (κ1) is 9.08. The van der Waals surface area contributed by atoms with Crippen LogP contribution in [0.25, 0.3) is 0 Å². The minimum atomic E-state index is -0.833. The molecule has 0 rings (SSSR count). The van der Waals surface area contributed by atoms with E-state index in [2.05, 4.69) is 0 Å². The minimum Gasteiger partial charge on any atom is -1.00 e. The first-order chi connectivity index (χ1) is 1.73. The van der Waals surface area contributed by atoms with Crippen molar-refractivity contribution in [1.82, 2.24) is 0 Å². The molecule has 0 heterocycles. The molecule has 0 radical (unpaired) electrons. The molecular weight excluding hydrogens is 79.0 g/mol. The van der Waals surface area contributed by atoms with Crippen molar-refractivity contribution in [2.75, 3.05) is 0 Å². The van der Waals surface area contributed by atoms with Crippen LogP contribution >= 0.6 is 0 Å². The third-order valence-corrected chi connectivity index (χ3v) is 0. The Morgan fingerprint density at radius 2 is 2.00 bits per heavy atom. The van der Waals surface area contributed by atoms with Gasteiger partial charge in [-0.15, -0.1) is 0 Å². The molecule has 26 valence electrons. The molecule has 0 saturated heterocycles. The van der Waals surface area contributed by atoms with Crippen molar-refractivity contribution >= 4 is 5.97 Å². The van der Waals surface area contributed by atoms with Gasteiger partial charge in [0.2, 0.25) is 0 Å². The van der Waals surface area contributed by atoms with Gasteiger partial charge in [0.15, 0.2) is 0 Å². The first-order valence-electron chi connectivity index (χ1n) is 0.928. The van der Waals surface area contributed by atoms with Gasteiger partial charge in [-0.3, -0.25) is 4.79 Å². The molecule has 0 amide bonds. The maximum atomic E-state index is 9.00. The van der Waals surface area contributed by atoms with E-state index in [1.165, 1.54) is 0 Å². The van der Waals surface area contributed by atoms with E-state index in [0.29, 0.717) is 0 Å². The van der Waals surface area contributed by atoms with E-state index >= 15 is 0 Å². The Hall–Kier alpha value is 0.470. The standard InChI is InChI=1S/C2H4O2.Na.H/c1-2(3)4;;/h1H3,(H,3,4);;/q;+1;-1. The van der Waals surface area contributed by atoms with Crippen LogP contribution in [-0.4, -0.2) is 11.1 Å². The van der Waals surface area contributed by atoms with Gasteiger partial charge in [-0.2, -0.15) is 0 Å². The molecule has 5 heavy (non-hydrogen) atoms. The molecular formula is C2H5NaO2. The maximum absolute atomic E-state index is 9.00. The second-order valence-electron chi connectivity index (χ2n) is 0.519. The minimum absolute atomic E-state index is 0. The molecule has 0 atom stereocenters. The number of aliphatic carboxylic acids is 1. The van der Waals surface area contributed by atoms with Gasteiger partial charge >= 0.3 is 29.6 Å². The monoisotopic (exact) mass is 84.0 g/mol. The number of rotatable bonds is 0. The normalized spacial score (nSPS) is 5.00. The largest absolute Gasteiger partial charge is 1.00 e. The molecule has 0 bridgehead atoms. The molecule has 0 unspecified atom stereocenters. The molecule has 0 aromatic rings. The Labute approximate surface area is 54.0 Å². The van der Waals surface area contributed by atoms with Crippen molar-refractivity contribution < 1.29 is 40.9 Å². The predicted molar refractivity (Wildman–Crippen MR) is 14.4 cm³/mol. The number of hydrogen-bond acceptors (Lipinski definition) is 1. The molecule has 0 fully saturated rings. The Bertz CT molecular complexity index is 34.5. The van der Waals surface area contributed by atoms with Crippen molar-refractivity contribution in [3.63, 3.8) is 0 Å². The third kappa shape index (κ3) is 123. The van der Waals surface area contributed by atoms with Crippen LogP contribution in [0, 0.1) is 0 Å². The third-order valence-electron chi connectivity index (χ3n) is 0. The molecule has 0 aromatic carbocycles. The Kier molecular flexibility index (Phi) is 8.11. The van der Waals surface area contributed by atoms with E-state index in [-0.39, 0.29) is 31.0 Å². The number of carboxylic acid groups (broad SMARTS) is 1. The SMILES string of the molecule is CC(=O)O.[H-].[Na+]. The summed E-state index contributed by atoms with van der Waals surface area (Å²) in [5, 5.41) is 7.42. The van der Waals surface area contributed by atoms with E-state index in [1.807, 2.05) is 0 Å². The second kappa shape index (κ2) is 4.47. The molecule has 0 spiro atoms. The molecule has 3 heteroatoms. The Morgan fingerprint density at radius 3 is 2.00 bits per heavy atom. The summed E-state index contributed by atoms with van der Waals surface area (Å²) in [6.45, 7) is 1.08. The van der Waals surface area contributed by atoms with Crippen LogP contribution in [0.3, 0.4) is 0 Å². The van der Waals surface area contributed by atoms with Crippen molar-refractivity contribution in [2.45, 2.75) is 6.92 Å². The summed E-state index contributed by atoms with van der Waals surface area (Å²) in [5.74, 6) is -0.833. The van der Waals surface area contributed by atoms with Crippen LogP contribution in [0.5, 0.6) is 0 Å². The number of hydrogen-bond donors (Lipinski definition) is 1. The van der Waals surface area contributed by atoms with E-state index in [4.69, 9.17) is 9.90 Å². The molecule has 1 N–H and O–H groups in total. The number of carbonyl (C=O) groups is 1. The van der Waals surface area contributed by atoms with E-state index < -0.39 is 5.97 Å². The van der Waals surface area contributed by atoms with Gasteiger partial charge < -0.3 is 6.53 Å². The fourth-order valence-corrected chi connectivity index (χ4v) is 0. The topological polar surface area (TPSA) is 37.3 Å². The summed E-state index contributed by atoms with van der Waals surface area (Å²) in [6.07, 6.45) is 0. The molecule has 0 aliphatic heterocycles. The zero-order valence-electron chi connectivity index (χ0n) is 4.36. The quantitative estimate of drug-likeness (QED) is 0.322. The van der Waals surface area contributed by atoms with E-state index in [9.17, 15) is 0 Å². The van der Waals surface area contributed by atoms with Crippen LogP contribution in [0.1, 0.15) is 8.35 Å². The van der Waals surface area contributed by atoms with Crippen LogP contribution in [0.15, 0.2) is 0 Å². The van der Waals surface area contributed by atoms with Crippen LogP contribution in [0.4, 0.5) is 0 Å². The van der Waals surface area contributed by atoms with Crippen molar-refractivity contribution in [3.8, 4) is 0 Å². The molecule has 0 aliphatic rings. The average molecular weight is 84.1 g/mol. The van der Waals surface area contributed by atoms with Gasteiger partial charge in [0.25, 0.3) is 5.97 Å². The molecule has 2 nitrogen and oxygen atoms in total. The maximum Gasteiger partial charge on any atom is 1.00 e. The van der Waals surface area contributed by atoms with Crippen molar-refractivity contribution in [1.29, 1.82) is 0 Å². The number of carboxylic acids is 1. The van der Waals surface area contributed by atoms with Gasteiger partial charge in [-0.05, 0) is 0 Å². The molecule has 0 aromatic heterocycles. The smallest absolute Gasteiger partial charge is 1.00 e. The zero-order valence-corrected chi connectivity index (χ0v) is 5.36. The predicted octanol–water partition coefficient (Wildman–Crippen LogP) is -2.79. The van der Waals surface area contributed by atoms with Crippen LogP contribution in [0.2, 0.25) is 0 Å². The molecule has 0 saturated carbocycles. The van der Waals surface area contributed by atoms with Crippen molar-refractivity contribution in [3.05, 3.63) is 0 Å². The average Bonchev–Trinajstić information content (AvgIpc) is 0.811. The summed E-state index contributed by atoms with van der Waals surface area (Å²) in [6, 6.07) is 0. The fraction of sp³-hybridized carbons (Fsp3) is 0.500. The van der Waals surface area contributed by atoms with Gasteiger partial charge in [0.1, 0.15) is 0 Å². The van der Waals surface area contributed by atoms with E-state index in [1.54, 1.807) is 0 Å². The zero-order chi connectivity index (χ0) is 3.58. The first-order valence-corrected chi connectivity index (χ1v) is 0.928. The summed E-state index contributed by atoms with van der Waals surface area (Å²) >= 11 is 0. The van der Waals surface area contributed by atoms with Gasteiger partial charge in [0, 0.05) is 6.92 Å². The summed E-state index contributed by atoms with van der Waals surface area (Å²) in [4.78, 5) is 9.00. The summed E-state index contributed by atoms with van der Waals surface area (Å²) in [5.41, 5.74) is 0. The summed E-state index contributed by atoms with van der Waals surface area (Å²) < 4.78 is 0. The van der Waals surface area contributed by atoms with Crippen LogP contribution in [-0.2, 0) is 4.79 Å². The second-order valence-corrected chi connectivity index (χ2v) is 0.519. The fourth-order valence-electron chi connectivity index (χ4n) is 0. The molecule has 0 aliphatic carbocycles.